The molecule has 1 atom stereocenters. The molecule has 0 aliphatic carbocycles. The largest absolute Gasteiger partial charge is 0.411 e. The van der Waals surface area contributed by atoms with E-state index in [1.165, 1.54) is 21.1 Å². The number of sulfonamides is 1. The number of carbonyl (C=O) groups is 1. The van der Waals surface area contributed by atoms with E-state index in [1.807, 2.05) is 30.3 Å². The summed E-state index contributed by atoms with van der Waals surface area (Å²) in [6.07, 6.45) is 0. The van der Waals surface area contributed by atoms with Crippen LogP contribution in [-0.4, -0.2) is 56.5 Å². The van der Waals surface area contributed by atoms with Crippen molar-refractivity contribution < 1.29 is 17.6 Å². The van der Waals surface area contributed by atoms with Crippen molar-refractivity contribution in [2.45, 2.75) is 43.1 Å². The summed E-state index contributed by atoms with van der Waals surface area (Å²) in [6.45, 7) is 7.69. The highest BCUT2D eigenvalue weighted by molar-refractivity contribution is 8.00. The molecule has 4 rings (SSSR count). The number of anilines is 1. The third-order valence-corrected chi connectivity index (χ3v) is 9.26. The van der Waals surface area contributed by atoms with Crippen molar-refractivity contribution >= 4 is 33.4 Å². The maximum atomic E-state index is 13.1. The Labute approximate surface area is 230 Å². The van der Waals surface area contributed by atoms with E-state index in [1.54, 1.807) is 51.6 Å². The average molecular weight is 571 g/mol. The van der Waals surface area contributed by atoms with Gasteiger partial charge in [-0.25, -0.2) is 13.1 Å². The predicted molar refractivity (Wildman–Crippen MR) is 150 cm³/mol. The lowest BCUT2D eigenvalue weighted by molar-refractivity contribution is -0.115. The number of hydrogen-bond donors (Lipinski definition) is 1. The maximum Gasteiger partial charge on any atom is 0.295 e. The fraction of sp³-hybridized carbons (Fsp3) is 0.308. The highest BCUT2D eigenvalue weighted by Gasteiger charge is 2.25. The van der Waals surface area contributed by atoms with Gasteiger partial charge in [0.2, 0.25) is 21.8 Å². The van der Waals surface area contributed by atoms with Crippen LogP contribution in [0.5, 0.6) is 0 Å². The standard InChI is InChI=1S/C26H30N6O5S2/c1-6-31(7-2)39(35,36)21-15-11-12-19(16-21)24-28-29-26(37-24)38-18(4)23(33)27-22-17(3)30(5)32(25(22)34)20-13-9-8-10-14-20/h8-16,18H,6-7H2,1-5H3,(H,27,33). The van der Waals surface area contributed by atoms with Crippen LogP contribution in [0.3, 0.4) is 0 Å². The van der Waals surface area contributed by atoms with Crippen LogP contribution in [0.4, 0.5) is 5.69 Å². The normalized spacial score (nSPS) is 12.6. The number of amides is 1. The Hall–Kier alpha value is -3.68. The zero-order valence-corrected chi connectivity index (χ0v) is 23.9. The van der Waals surface area contributed by atoms with Crippen LogP contribution in [0.1, 0.15) is 26.5 Å². The predicted octanol–water partition coefficient (Wildman–Crippen LogP) is 3.68. The molecular weight excluding hydrogens is 540 g/mol. The van der Waals surface area contributed by atoms with E-state index < -0.39 is 21.2 Å². The summed E-state index contributed by atoms with van der Waals surface area (Å²) in [7, 11) is -1.91. The quantitative estimate of drug-likeness (QED) is 0.286. The number of hydrogen-bond acceptors (Lipinski definition) is 8. The first kappa shape index (κ1) is 28.3. The first-order valence-electron chi connectivity index (χ1n) is 12.3. The third-order valence-electron chi connectivity index (χ3n) is 6.28. The van der Waals surface area contributed by atoms with Crippen molar-refractivity contribution in [2.75, 3.05) is 18.4 Å². The van der Waals surface area contributed by atoms with Crippen LogP contribution in [0, 0.1) is 6.92 Å². The van der Waals surface area contributed by atoms with Crippen LogP contribution in [0.2, 0.25) is 0 Å². The first-order valence-corrected chi connectivity index (χ1v) is 14.7. The lowest BCUT2D eigenvalue weighted by atomic mass is 10.2. The lowest BCUT2D eigenvalue weighted by Gasteiger charge is -2.18. The molecule has 2 aromatic carbocycles. The Kier molecular flexibility index (Phi) is 8.42. The Morgan fingerprint density at radius 3 is 2.46 bits per heavy atom. The minimum atomic E-state index is -3.65. The Morgan fingerprint density at radius 1 is 1.10 bits per heavy atom. The van der Waals surface area contributed by atoms with Gasteiger partial charge in [0.25, 0.3) is 10.8 Å². The molecule has 0 fully saturated rings. The Bertz CT molecular complexity index is 1640. The number of aromatic nitrogens is 4. The smallest absolute Gasteiger partial charge is 0.295 e. The molecule has 0 radical (unpaired) electrons. The molecule has 0 saturated heterocycles. The second kappa shape index (κ2) is 11.6. The van der Waals surface area contributed by atoms with Gasteiger partial charge < -0.3 is 9.73 Å². The number of benzene rings is 2. The van der Waals surface area contributed by atoms with Crippen molar-refractivity contribution in [1.82, 2.24) is 23.9 Å². The number of carbonyl (C=O) groups excluding carboxylic acids is 1. The fourth-order valence-electron chi connectivity index (χ4n) is 4.02. The van der Waals surface area contributed by atoms with Crippen molar-refractivity contribution in [3.05, 3.63) is 70.6 Å². The number of thioether (sulfide) groups is 1. The van der Waals surface area contributed by atoms with E-state index in [9.17, 15) is 18.0 Å². The van der Waals surface area contributed by atoms with Crippen molar-refractivity contribution in [1.29, 1.82) is 0 Å². The van der Waals surface area contributed by atoms with Crippen molar-refractivity contribution in [3.63, 3.8) is 0 Å². The molecule has 2 heterocycles. The van der Waals surface area contributed by atoms with Gasteiger partial charge in [0.15, 0.2) is 0 Å². The van der Waals surface area contributed by atoms with E-state index in [0.717, 1.165) is 11.8 Å². The monoisotopic (exact) mass is 570 g/mol. The molecule has 13 heteroatoms. The van der Waals surface area contributed by atoms with Gasteiger partial charge in [0, 0.05) is 25.7 Å². The van der Waals surface area contributed by atoms with E-state index >= 15 is 0 Å². The highest BCUT2D eigenvalue weighted by atomic mass is 32.2. The summed E-state index contributed by atoms with van der Waals surface area (Å²) >= 11 is 1.03. The molecule has 0 aliphatic rings. The molecule has 0 saturated carbocycles. The van der Waals surface area contributed by atoms with E-state index in [0.29, 0.717) is 30.0 Å². The molecule has 39 heavy (non-hydrogen) atoms. The minimum absolute atomic E-state index is 0.128. The van der Waals surface area contributed by atoms with E-state index in [-0.39, 0.29) is 27.3 Å². The topological polar surface area (TPSA) is 132 Å². The molecule has 1 unspecified atom stereocenters. The van der Waals surface area contributed by atoms with Gasteiger partial charge in [0.1, 0.15) is 5.69 Å². The molecule has 0 aliphatic heterocycles. The third kappa shape index (κ3) is 5.70. The van der Waals surface area contributed by atoms with Crippen molar-refractivity contribution in [3.8, 4) is 17.1 Å². The molecule has 206 valence electrons. The Balaban J connectivity index is 1.49. The van der Waals surface area contributed by atoms with E-state index in [4.69, 9.17) is 4.42 Å². The van der Waals surface area contributed by atoms with Gasteiger partial charge in [-0.15, -0.1) is 10.2 Å². The lowest BCUT2D eigenvalue weighted by Crippen LogP contribution is -2.30. The molecule has 2 aromatic heterocycles. The van der Waals surface area contributed by atoms with Crippen LogP contribution < -0.4 is 10.9 Å². The minimum Gasteiger partial charge on any atom is -0.411 e. The molecule has 0 bridgehead atoms. The van der Waals surface area contributed by atoms with Gasteiger partial charge in [-0.05, 0) is 44.2 Å². The number of nitrogens with zero attached hydrogens (tertiary/aromatic N) is 5. The molecule has 4 aromatic rings. The molecular formula is C26H30N6O5S2. The van der Waals surface area contributed by atoms with Gasteiger partial charge in [-0.2, -0.15) is 4.31 Å². The summed E-state index contributed by atoms with van der Waals surface area (Å²) in [5.74, 6) is -0.274. The SMILES string of the molecule is CCN(CC)S(=O)(=O)c1cccc(-c2nnc(SC(C)C(=O)Nc3c(C)n(C)n(-c4ccccc4)c3=O)o2)c1. The molecule has 11 nitrogen and oxygen atoms in total. The molecule has 0 spiro atoms. The van der Waals surface area contributed by atoms with Crippen LogP contribution in [0.25, 0.3) is 17.1 Å². The summed E-state index contributed by atoms with van der Waals surface area (Å²) in [5, 5.41) is 10.2. The van der Waals surface area contributed by atoms with Crippen molar-refractivity contribution in [2.24, 2.45) is 7.05 Å². The summed E-state index contributed by atoms with van der Waals surface area (Å²) in [6, 6.07) is 15.5. The van der Waals surface area contributed by atoms with E-state index in [2.05, 4.69) is 15.5 Å². The number of nitrogens with one attached hydrogen (secondary N) is 1. The molecule has 1 N–H and O–H groups in total. The zero-order valence-electron chi connectivity index (χ0n) is 22.3. The van der Waals surface area contributed by atoms with Crippen LogP contribution >= 0.6 is 11.8 Å². The average Bonchev–Trinajstić information content (AvgIpc) is 3.48. The second-order valence-electron chi connectivity index (χ2n) is 8.68. The Morgan fingerprint density at radius 2 is 1.79 bits per heavy atom. The van der Waals surface area contributed by atoms with Gasteiger partial charge in [-0.3, -0.25) is 14.3 Å². The maximum absolute atomic E-state index is 13.1. The summed E-state index contributed by atoms with van der Waals surface area (Å²) in [5.41, 5.74) is 1.58. The van der Waals surface area contributed by atoms with Crippen LogP contribution in [-0.2, 0) is 21.9 Å². The number of para-hydroxylation sites is 1. The summed E-state index contributed by atoms with van der Waals surface area (Å²) < 4.78 is 36.1. The van der Waals surface area contributed by atoms with Gasteiger partial charge >= 0.3 is 0 Å². The highest BCUT2D eigenvalue weighted by Crippen LogP contribution is 2.28. The van der Waals surface area contributed by atoms with Gasteiger partial charge in [-0.1, -0.05) is 49.9 Å². The summed E-state index contributed by atoms with van der Waals surface area (Å²) in [4.78, 5) is 26.2. The molecule has 1 amide bonds. The number of rotatable bonds is 10. The first-order chi connectivity index (χ1) is 18.6. The van der Waals surface area contributed by atoms with Crippen LogP contribution in [0.15, 0.2) is 73.9 Å². The zero-order chi connectivity index (χ0) is 28.3. The fourth-order valence-corrected chi connectivity index (χ4v) is 6.21. The second-order valence-corrected chi connectivity index (χ2v) is 11.9. The van der Waals surface area contributed by atoms with Gasteiger partial charge in [0.05, 0.1) is 21.5 Å².